The normalized spacial score (nSPS) is 15.7. The van der Waals surface area contributed by atoms with Crippen molar-refractivity contribution >= 4 is 12.0 Å². The van der Waals surface area contributed by atoms with Crippen molar-refractivity contribution < 1.29 is 14.3 Å². The van der Waals surface area contributed by atoms with E-state index in [1.807, 2.05) is 0 Å². The highest BCUT2D eigenvalue weighted by Crippen LogP contribution is 2.09. The summed E-state index contributed by atoms with van der Waals surface area (Å²) in [5.41, 5.74) is 0.581. The molecule has 0 bridgehead atoms. The summed E-state index contributed by atoms with van der Waals surface area (Å²) >= 11 is 0. The molecule has 2 amide bonds. The number of carbonyl (C=O) groups is 2. The van der Waals surface area contributed by atoms with E-state index in [0.717, 1.165) is 6.42 Å². The predicted molar refractivity (Wildman–Crippen MR) is 73.4 cm³/mol. The predicted octanol–water partition coefficient (Wildman–Crippen LogP) is 1.39. The first-order valence-corrected chi connectivity index (χ1v) is 6.83. The third kappa shape index (κ3) is 3.46. The van der Waals surface area contributed by atoms with Gasteiger partial charge in [-0.1, -0.05) is 0 Å². The number of aromatic nitrogens is 1. The summed E-state index contributed by atoms with van der Waals surface area (Å²) in [4.78, 5) is 31.4. The first-order chi connectivity index (χ1) is 9.72. The van der Waals surface area contributed by atoms with Crippen molar-refractivity contribution in [3.63, 3.8) is 0 Å². The second-order valence-corrected chi connectivity index (χ2v) is 4.57. The molecule has 0 aliphatic carbocycles. The number of amides is 2. The Bertz CT molecular complexity index is 464. The molecule has 1 aliphatic rings. The van der Waals surface area contributed by atoms with Gasteiger partial charge in [0, 0.05) is 38.6 Å². The van der Waals surface area contributed by atoms with Crippen LogP contribution in [0.15, 0.2) is 24.5 Å². The number of hydrogen-bond donors (Lipinski definition) is 0. The molecule has 0 N–H and O–H groups in total. The van der Waals surface area contributed by atoms with Crippen molar-refractivity contribution in [3.05, 3.63) is 30.1 Å². The summed E-state index contributed by atoms with van der Waals surface area (Å²) < 4.78 is 4.99. The zero-order valence-electron chi connectivity index (χ0n) is 11.6. The van der Waals surface area contributed by atoms with Crippen LogP contribution in [0, 0.1) is 0 Å². The Kier molecular flexibility index (Phi) is 4.92. The van der Waals surface area contributed by atoms with Crippen molar-refractivity contribution in [2.75, 3.05) is 32.8 Å². The van der Waals surface area contributed by atoms with Crippen molar-refractivity contribution in [2.45, 2.75) is 13.3 Å². The number of pyridine rings is 1. The first-order valence-electron chi connectivity index (χ1n) is 6.83. The summed E-state index contributed by atoms with van der Waals surface area (Å²) in [6.45, 7) is 4.44. The van der Waals surface area contributed by atoms with Crippen LogP contribution in [0.4, 0.5) is 4.79 Å². The van der Waals surface area contributed by atoms with Crippen molar-refractivity contribution in [2.24, 2.45) is 0 Å². The SMILES string of the molecule is CCOC(=O)N1CCCN(C(=O)c2cccnc2)CC1. The van der Waals surface area contributed by atoms with Crippen LogP contribution < -0.4 is 0 Å². The number of ether oxygens (including phenoxy) is 1. The van der Waals surface area contributed by atoms with Gasteiger partial charge in [-0.3, -0.25) is 9.78 Å². The monoisotopic (exact) mass is 277 g/mol. The molecule has 0 saturated carbocycles. The second-order valence-electron chi connectivity index (χ2n) is 4.57. The molecule has 2 rings (SSSR count). The van der Waals surface area contributed by atoms with E-state index in [-0.39, 0.29) is 12.0 Å². The molecule has 0 spiro atoms. The van der Waals surface area contributed by atoms with Crippen LogP contribution in [0.5, 0.6) is 0 Å². The lowest BCUT2D eigenvalue weighted by molar-refractivity contribution is 0.0753. The Balaban J connectivity index is 1.96. The highest BCUT2D eigenvalue weighted by atomic mass is 16.6. The van der Waals surface area contributed by atoms with Crippen LogP contribution in [0.25, 0.3) is 0 Å². The van der Waals surface area contributed by atoms with Gasteiger partial charge in [-0.05, 0) is 25.5 Å². The Morgan fingerprint density at radius 2 is 2.00 bits per heavy atom. The Morgan fingerprint density at radius 3 is 2.70 bits per heavy atom. The largest absolute Gasteiger partial charge is 0.450 e. The fourth-order valence-corrected chi connectivity index (χ4v) is 2.19. The molecule has 1 aliphatic heterocycles. The van der Waals surface area contributed by atoms with Gasteiger partial charge in [-0.15, -0.1) is 0 Å². The molecule has 1 saturated heterocycles. The maximum atomic E-state index is 12.3. The third-order valence-corrected chi connectivity index (χ3v) is 3.22. The van der Waals surface area contributed by atoms with Crippen molar-refractivity contribution in [1.82, 2.24) is 14.8 Å². The summed E-state index contributed by atoms with van der Waals surface area (Å²) in [6.07, 6.45) is 3.66. The highest BCUT2D eigenvalue weighted by molar-refractivity contribution is 5.93. The van der Waals surface area contributed by atoms with Crippen molar-refractivity contribution in [3.8, 4) is 0 Å². The summed E-state index contributed by atoms with van der Waals surface area (Å²) in [7, 11) is 0. The van der Waals surface area contributed by atoms with E-state index in [0.29, 0.717) is 38.3 Å². The molecule has 0 aromatic carbocycles. The van der Waals surface area contributed by atoms with Gasteiger partial charge < -0.3 is 14.5 Å². The van der Waals surface area contributed by atoms with Gasteiger partial charge in [0.2, 0.25) is 0 Å². The van der Waals surface area contributed by atoms with E-state index >= 15 is 0 Å². The zero-order valence-corrected chi connectivity index (χ0v) is 11.6. The molecule has 1 aromatic heterocycles. The molecule has 0 unspecified atom stereocenters. The molecule has 6 nitrogen and oxygen atoms in total. The van der Waals surface area contributed by atoms with Crippen LogP contribution in [-0.4, -0.2) is 59.6 Å². The molecule has 0 atom stereocenters. The van der Waals surface area contributed by atoms with E-state index in [1.165, 1.54) is 0 Å². The minimum atomic E-state index is -0.303. The molecular weight excluding hydrogens is 258 g/mol. The maximum absolute atomic E-state index is 12.3. The van der Waals surface area contributed by atoms with Gasteiger partial charge in [-0.25, -0.2) is 4.79 Å². The molecule has 6 heteroatoms. The van der Waals surface area contributed by atoms with E-state index < -0.39 is 0 Å². The molecule has 2 heterocycles. The molecule has 0 radical (unpaired) electrons. The van der Waals surface area contributed by atoms with Gasteiger partial charge >= 0.3 is 6.09 Å². The standard InChI is InChI=1S/C14H19N3O3/c1-2-20-14(19)17-8-4-7-16(9-10-17)13(18)12-5-3-6-15-11-12/h3,5-6,11H,2,4,7-10H2,1H3. The maximum Gasteiger partial charge on any atom is 0.409 e. The fourth-order valence-electron chi connectivity index (χ4n) is 2.19. The lowest BCUT2D eigenvalue weighted by atomic mass is 10.2. The molecule has 108 valence electrons. The summed E-state index contributed by atoms with van der Waals surface area (Å²) in [6, 6.07) is 3.50. The van der Waals surface area contributed by atoms with E-state index in [2.05, 4.69) is 4.98 Å². The smallest absolute Gasteiger partial charge is 0.409 e. The van der Waals surface area contributed by atoms with E-state index in [9.17, 15) is 9.59 Å². The molecule has 1 fully saturated rings. The quantitative estimate of drug-likeness (QED) is 0.819. The van der Waals surface area contributed by atoms with E-state index in [4.69, 9.17) is 4.74 Å². The highest BCUT2D eigenvalue weighted by Gasteiger charge is 2.23. The number of hydrogen-bond acceptors (Lipinski definition) is 4. The Morgan fingerprint density at radius 1 is 1.25 bits per heavy atom. The van der Waals surface area contributed by atoms with Gasteiger partial charge in [0.05, 0.1) is 12.2 Å². The molecule has 20 heavy (non-hydrogen) atoms. The summed E-state index contributed by atoms with van der Waals surface area (Å²) in [5, 5.41) is 0. The third-order valence-electron chi connectivity index (χ3n) is 3.22. The lowest BCUT2D eigenvalue weighted by Crippen LogP contribution is -2.37. The minimum Gasteiger partial charge on any atom is -0.450 e. The van der Waals surface area contributed by atoms with Crippen LogP contribution in [0.2, 0.25) is 0 Å². The number of rotatable bonds is 2. The Hall–Kier alpha value is -2.11. The minimum absolute atomic E-state index is 0.0381. The van der Waals surface area contributed by atoms with Gasteiger partial charge in [0.15, 0.2) is 0 Å². The van der Waals surface area contributed by atoms with Crippen LogP contribution >= 0.6 is 0 Å². The van der Waals surface area contributed by atoms with E-state index in [1.54, 1.807) is 41.2 Å². The molecular formula is C14H19N3O3. The fraction of sp³-hybridized carbons (Fsp3) is 0.500. The van der Waals surface area contributed by atoms with Crippen molar-refractivity contribution in [1.29, 1.82) is 0 Å². The number of nitrogens with zero attached hydrogens (tertiary/aromatic N) is 3. The van der Waals surface area contributed by atoms with Crippen LogP contribution in [0.3, 0.4) is 0 Å². The average molecular weight is 277 g/mol. The number of carbonyl (C=O) groups excluding carboxylic acids is 2. The Labute approximate surface area is 118 Å². The summed E-state index contributed by atoms with van der Waals surface area (Å²) in [5.74, 6) is -0.0381. The van der Waals surface area contributed by atoms with Gasteiger partial charge in [0.1, 0.15) is 0 Å². The average Bonchev–Trinajstić information content (AvgIpc) is 2.73. The zero-order chi connectivity index (χ0) is 14.4. The van der Waals surface area contributed by atoms with Crippen LogP contribution in [0.1, 0.15) is 23.7 Å². The topological polar surface area (TPSA) is 62.7 Å². The second kappa shape index (κ2) is 6.88. The van der Waals surface area contributed by atoms with Gasteiger partial charge in [-0.2, -0.15) is 0 Å². The van der Waals surface area contributed by atoms with Gasteiger partial charge in [0.25, 0.3) is 5.91 Å². The molecule has 1 aromatic rings. The van der Waals surface area contributed by atoms with Crippen LogP contribution in [-0.2, 0) is 4.74 Å². The lowest BCUT2D eigenvalue weighted by Gasteiger charge is -2.21. The first kappa shape index (κ1) is 14.3.